The van der Waals surface area contributed by atoms with Crippen LogP contribution in [0.5, 0.6) is 0 Å². The van der Waals surface area contributed by atoms with Gasteiger partial charge in [-0.15, -0.1) is 0 Å². The predicted molar refractivity (Wildman–Crippen MR) is 95.4 cm³/mol. The quantitative estimate of drug-likeness (QED) is 0.867. The Bertz CT molecular complexity index is 730. The minimum Gasteiger partial charge on any atom is -0.371 e. The second-order valence-electron chi connectivity index (χ2n) is 6.36. The van der Waals surface area contributed by atoms with Crippen molar-refractivity contribution < 1.29 is 13.7 Å². The van der Waals surface area contributed by atoms with Crippen LogP contribution < -0.4 is 10.2 Å². The Balaban J connectivity index is 1.74. The molecule has 1 aliphatic heterocycles. The lowest BCUT2D eigenvalue weighted by molar-refractivity contribution is -0.115. The van der Waals surface area contributed by atoms with E-state index in [-0.39, 0.29) is 18.1 Å². The first-order chi connectivity index (χ1) is 12.1. The Morgan fingerprint density at radius 2 is 2.00 bits per heavy atom. The van der Waals surface area contributed by atoms with Gasteiger partial charge in [0, 0.05) is 36.4 Å². The van der Waals surface area contributed by atoms with E-state index in [4.69, 9.17) is 4.52 Å². The van der Waals surface area contributed by atoms with Crippen LogP contribution in [0.2, 0.25) is 0 Å². The molecule has 1 N–H and O–H groups in total. The molecule has 0 spiro atoms. The lowest BCUT2D eigenvalue weighted by atomic mass is 10.1. The number of hydrogen-bond acceptors (Lipinski definition) is 4. The van der Waals surface area contributed by atoms with Crippen molar-refractivity contribution in [2.24, 2.45) is 0 Å². The monoisotopic (exact) mass is 345 g/mol. The second kappa shape index (κ2) is 7.68. The van der Waals surface area contributed by atoms with E-state index in [0.717, 1.165) is 48.6 Å². The number of aromatic nitrogens is 1. The van der Waals surface area contributed by atoms with Crippen molar-refractivity contribution >= 4 is 17.3 Å². The number of halogens is 1. The third kappa shape index (κ3) is 4.00. The summed E-state index contributed by atoms with van der Waals surface area (Å²) < 4.78 is 19.2. The number of benzene rings is 1. The highest BCUT2D eigenvalue weighted by Gasteiger charge is 2.18. The van der Waals surface area contributed by atoms with Crippen LogP contribution in [-0.4, -0.2) is 24.2 Å². The van der Waals surface area contributed by atoms with E-state index in [9.17, 15) is 9.18 Å². The molecule has 5 nitrogen and oxygen atoms in total. The predicted octanol–water partition coefficient (Wildman–Crippen LogP) is 3.72. The van der Waals surface area contributed by atoms with Crippen molar-refractivity contribution in [3.8, 4) is 0 Å². The van der Waals surface area contributed by atoms with Gasteiger partial charge in [0.15, 0.2) is 0 Å². The summed E-state index contributed by atoms with van der Waals surface area (Å²) >= 11 is 0. The van der Waals surface area contributed by atoms with Crippen molar-refractivity contribution in [1.29, 1.82) is 0 Å². The van der Waals surface area contributed by atoms with Crippen LogP contribution >= 0.6 is 0 Å². The van der Waals surface area contributed by atoms with Crippen LogP contribution in [0.25, 0.3) is 0 Å². The van der Waals surface area contributed by atoms with Gasteiger partial charge in [0.1, 0.15) is 11.6 Å². The molecule has 3 rings (SSSR count). The van der Waals surface area contributed by atoms with Gasteiger partial charge < -0.3 is 14.7 Å². The molecule has 0 atom stereocenters. The molecule has 0 unspecified atom stereocenters. The van der Waals surface area contributed by atoms with E-state index in [1.54, 1.807) is 0 Å². The molecule has 1 aromatic heterocycles. The molecule has 0 radical (unpaired) electrons. The van der Waals surface area contributed by atoms with E-state index in [2.05, 4.69) is 15.4 Å². The maximum atomic E-state index is 13.9. The van der Waals surface area contributed by atoms with Crippen LogP contribution in [0.15, 0.2) is 22.7 Å². The summed E-state index contributed by atoms with van der Waals surface area (Å²) in [6.45, 7) is 5.80. The fourth-order valence-corrected chi connectivity index (χ4v) is 3.31. The molecule has 1 aromatic carbocycles. The van der Waals surface area contributed by atoms with Crippen molar-refractivity contribution in [2.45, 2.75) is 46.0 Å². The van der Waals surface area contributed by atoms with Crippen molar-refractivity contribution in [3.63, 3.8) is 0 Å². The average molecular weight is 345 g/mol. The first-order valence-corrected chi connectivity index (χ1v) is 8.92. The molecule has 0 aliphatic carbocycles. The largest absolute Gasteiger partial charge is 0.371 e. The molecular formula is C19H24FN3O2. The molecular weight excluding hydrogens is 321 g/mol. The van der Waals surface area contributed by atoms with Gasteiger partial charge in [-0.05, 0) is 37.5 Å². The molecule has 6 heteroatoms. The smallest absolute Gasteiger partial charge is 0.229 e. The number of hydrogen-bond donors (Lipinski definition) is 1. The zero-order chi connectivity index (χ0) is 17.8. The molecule has 2 heterocycles. The van der Waals surface area contributed by atoms with Gasteiger partial charge >= 0.3 is 0 Å². The van der Waals surface area contributed by atoms with Gasteiger partial charge in [0.2, 0.25) is 5.91 Å². The van der Waals surface area contributed by atoms with Crippen LogP contribution in [0.3, 0.4) is 0 Å². The van der Waals surface area contributed by atoms with E-state index < -0.39 is 0 Å². The minimum absolute atomic E-state index is 0.186. The summed E-state index contributed by atoms with van der Waals surface area (Å²) in [5, 5.41) is 6.84. The number of rotatable bonds is 6. The number of carbonyl (C=O) groups is 1. The third-order valence-corrected chi connectivity index (χ3v) is 4.58. The van der Waals surface area contributed by atoms with Gasteiger partial charge in [-0.2, -0.15) is 0 Å². The summed E-state index contributed by atoms with van der Waals surface area (Å²) in [5.74, 6) is 0.211. The summed E-state index contributed by atoms with van der Waals surface area (Å²) in [5.41, 5.74) is 2.96. The second-order valence-corrected chi connectivity index (χ2v) is 6.36. The van der Waals surface area contributed by atoms with Gasteiger partial charge in [-0.1, -0.05) is 19.0 Å². The summed E-state index contributed by atoms with van der Waals surface area (Å²) in [7, 11) is 0. The van der Waals surface area contributed by atoms with Crippen LogP contribution in [-0.2, 0) is 24.1 Å². The summed E-state index contributed by atoms with van der Waals surface area (Å²) in [6.07, 6.45) is 3.82. The number of amides is 1. The summed E-state index contributed by atoms with van der Waals surface area (Å²) in [6, 6.07) is 4.71. The maximum Gasteiger partial charge on any atom is 0.229 e. The maximum absolute atomic E-state index is 13.9. The van der Waals surface area contributed by atoms with Gasteiger partial charge in [-0.25, -0.2) is 4.39 Å². The first kappa shape index (κ1) is 17.5. The number of nitrogens with zero attached hydrogens (tertiary/aromatic N) is 2. The molecule has 1 aliphatic rings. The van der Waals surface area contributed by atoms with E-state index in [1.165, 1.54) is 12.1 Å². The van der Waals surface area contributed by atoms with E-state index in [0.29, 0.717) is 18.5 Å². The lowest BCUT2D eigenvalue weighted by Crippen LogP contribution is -2.19. The Labute approximate surface area is 147 Å². The fourth-order valence-electron chi connectivity index (χ4n) is 3.31. The van der Waals surface area contributed by atoms with E-state index in [1.807, 2.05) is 19.9 Å². The standard InChI is InChI=1S/C19H24FN3O2/c1-3-17-16(18(4-2)25-22-17)12-19(24)21-14-9-13(20)10-15(11-14)23-7-5-6-8-23/h9-11H,3-8,12H2,1-2H3,(H,21,24). The van der Waals surface area contributed by atoms with Crippen LogP contribution in [0.4, 0.5) is 15.8 Å². The Morgan fingerprint density at radius 3 is 2.68 bits per heavy atom. The molecule has 1 saturated heterocycles. The number of anilines is 2. The number of nitrogens with one attached hydrogen (secondary N) is 1. The summed E-state index contributed by atoms with van der Waals surface area (Å²) in [4.78, 5) is 14.6. The first-order valence-electron chi connectivity index (χ1n) is 8.92. The molecule has 1 fully saturated rings. The van der Waals surface area contributed by atoms with Crippen LogP contribution in [0.1, 0.15) is 43.7 Å². The molecule has 2 aromatic rings. The van der Waals surface area contributed by atoms with Crippen LogP contribution in [0, 0.1) is 5.82 Å². The fraction of sp³-hybridized carbons (Fsp3) is 0.474. The number of carbonyl (C=O) groups excluding carboxylic acids is 1. The zero-order valence-electron chi connectivity index (χ0n) is 14.8. The topological polar surface area (TPSA) is 58.4 Å². The van der Waals surface area contributed by atoms with Gasteiger partial charge in [0.05, 0.1) is 12.1 Å². The van der Waals surface area contributed by atoms with Gasteiger partial charge in [-0.3, -0.25) is 4.79 Å². The van der Waals surface area contributed by atoms with Crippen molar-refractivity contribution in [3.05, 3.63) is 41.0 Å². The Morgan fingerprint density at radius 1 is 1.24 bits per heavy atom. The minimum atomic E-state index is -0.340. The highest BCUT2D eigenvalue weighted by Crippen LogP contribution is 2.25. The highest BCUT2D eigenvalue weighted by atomic mass is 19.1. The Hall–Kier alpha value is -2.37. The van der Waals surface area contributed by atoms with E-state index >= 15 is 0 Å². The molecule has 25 heavy (non-hydrogen) atoms. The molecule has 0 saturated carbocycles. The third-order valence-electron chi connectivity index (χ3n) is 4.58. The molecule has 1 amide bonds. The zero-order valence-corrected chi connectivity index (χ0v) is 14.8. The highest BCUT2D eigenvalue weighted by molar-refractivity contribution is 5.93. The van der Waals surface area contributed by atoms with Crippen molar-refractivity contribution in [2.75, 3.05) is 23.3 Å². The lowest BCUT2D eigenvalue weighted by Gasteiger charge is -2.18. The van der Waals surface area contributed by atoms with Crippen molar-refractivity contribution in [1.82, 2.24) is 5.16 Å². The number of aryl methyl sites for hydroxylation is 2. The average Bonchev–Trinajstić information content (AvgIpc) is 3.23. The Kier molecular flexibility index (Phi) is 5.36. The SMILES string of the molecule is CCc1noc(CC)c1CC(=O)Nc1cc(F)cc(N2CCCC2)c1. The van der Waals surface area contributed by atoms with Gasteiger partial charge in [0.25, 0.3) is 0 Å². The molecule has 134 valence electrons. The normalized spacial score (nSPS) is 14.1. The molecule has 0 bridgehead atoms.